The molecule has 13 heavy (non-hydrogen) atoms. The summed E-state index contributed by atoms with van der Waals surface area (Å²) in [6.45, 7) is 4.12. The third-order valence-corrected chi connectivity index (χ3v) is 2.29. The van der Waals surface area contributed by atoms with E-state index in [0.29, 0.717) is 0 Å². The van der Waals surface area contributed by atoms with Gasteiger partial charge in [0.25, 0.3) is 0 Å². The normalized spacial score (nSPS) is 13.2. The summed E-state index contributed by atoms with van der Waals surface area (Å²) in [5.74, 6) is 0.733. The molecule has 0 aromatic carbocycles. The first kappa shape index (κ1) is 10.3. The molecule has 74 valence electrons. The molecule has 1 aromatic rings. The molecular weight excluding hydrogens is 164 g/mol. The summed E-state index contributed by atoms with van der Waals surface area (Å²) >= 11 is 0. The van der Waals surface area contributed by atoms with Crippen LogP contribution in [0.25, 0.3) is 0 Å². The van der Waals surface area contributed by atoms with Crippen LogP contribution in [0.5, 0.6) is 0 Å². The lowest BCUT2D eigenvalue weighted by atomic mass is 10.1. The van der Waals surface area contributed by atoms with Crippen molar-refractivity contribution in [3.05, 3.63) is 23.7 Å². The number of aliphatic hydroxyl groups is 1. The predicted molar refractivity (Wildman–Crippen MR) is 52.5 cm³/mol. The zero-order chi connectivity index (χ0) is 9.68. The molecule has 0 saturated heterocycles. The first-order valence-corrected chi connectivity index (χ1v) is 4.97. The van der Waals surface area contributed by atoms with Crippen molar-refractivity contribution in [1.82, 2.24) is 0 Å². The van der Waals surface area contributed by atoms with Crippen LogP contribution in [-0.4, -0.2) is 5.11 Å². The van der Waals surface area contributed by atoms with Gasteiger partial charge < -0.3 is 9.52 Å². The van der Waals surface area contributed by atoms with E-state index in [1.165, 1.54) is 12.8 Å². The molecule has 1 rings (SSSR count). The highest BCUT2D eigenvalue weighted by atomic mass is 16.4. The minimum atomic E-state index is -0.415. The molecule has 0 aliphatic heterocycles. The van der Waals surface area contributed by atoms with Crippen LogP contribution in [0.15, 0.2) is 16.7 Å². The van der Waals surface area contributed by atoms with Crippen LogP contribution in [0, 0.1) is 6.92 Å². The van der Waals surface area contributed by atoms with Crippen LogP contribution >= 0.6 is 0 Å². The number of aryl methyl sites for hydroxylation is 1. The predicted octanol–water partition coefficient (Wildman–Crippen LogP) is 3.20. The Bertz CT molecular complexity index is 240. The second kappa shape index (κ2) is 5.07. The molecular formula is C11H18O2. The summed E-state index contributed by atoms with van der Waals surface area (Å²) in [7, 11) is 0. The number of rotatable bonds is 5. The molecule has 0 radical (unpaired) electrons. The summed E-state index contributed by atoms with van der Waals surface area (Å²) in [6.07, 6.45) is 5.45. The maximum atomic E-state index is 9.72. The molecule has 0 amide bonds. The topological polar surface area (TPSA) is 33.4 Å². The van der Waals surface area contributed by atoms with E-state index in [0.717, 1.165) is 24.2 Å². The van der Waals surface area contributed by atoms with E-state index in [1.807, 2.05) is 13.0 Å². The fourth-order valence-corrected chi connectivity index (χ4v) is 1.44. The van der Waals surface area contributed by atoms with E-state index in [-0.39, 0.29) is 0 Å². The minimum Gasteiger partial charge on any atom is -0.466 e. The summed E-state index contributed by atoms with van der Waals surface area (Å²) < 4.78 is 5.21. The highest BCUT2D eigenvalue weighted by Gasteiger charge is 2.12. The molecule has 0 fully saturated rings. The van der Waals surface area contributed by atoms with Crippen LogP contribution in [0.2, 0.25) is 0 Å². The van der Waals surface area contributed by atoms with Gasteiger partial charge in [0.2, 0.25) is 0 Å². The van der Waals surface area contributed by atoms with Gasteiger partial charge in [0, 0.05) is 0 Å². The van der Waals surface area contributed by atoms with E-state index >= 15 is 0 Å². The van der Waals surface area contributed by atoms with Gasteiger partial charge >= 0.3 is 0 Å². The zero-order valence-corrected chi connectivity index (χ0v) is 8.42. The van der Waals surface area contributed by atoms with Crippen LogP contribution in [0.1, 0.15) is 50.0 Å². The second-order valence-corrected chi connectivity index (χ2v) is 3.48. The van der Waals surface area contributed by atoms with Crippen molar-refractivity contribution in [1.29, 1.82) is 0 Å². The molecule has 1 unspecified atom stereocenters. The van der Waals surface area contributed by atoms with Crippen LogP contribution in [-0.2, 0) is 0 Å². The van der Waals surface area contributed by atoms with E-state index < -0.39 is 6.10 Å². The van der Waals surface area contributed by atoms with Crippen molar-refractivity contribution in [2.24, 2.45) is 0 Å². The van der Waals surface area contributed by atoms with E-state index in [4.69, 9.17) is 4.42 Å². The number of aliphatic hydroxyl groups excluding tert-OH is 1. The molecule has 0 bridgehead atoms. The Labute approximate surface area is 79.6 Å². The molecule has 0 spiro atoms. The van der Waals surface area contributed by atoms with Crippen molar-refractivity contribution < 1.29 is 9.52 Å². The van der Waals surface area contributed by atoms with E-state index in [9.17, 15) is 5.11 Å². The van der Waals surface area contributed by atoms with Gasteiger partial charge in [0.1, 0.15) is 11.9 Å². The number of furan rings is 1. The lowest BCUT2D eigenvalue weighted by Crippen LogP contribution is -1.97. The monoisotopic (exact) mass is 182 g/mol. The van der Waals surface area contributed by atoms with Crippen molar-refractivity contribution in [3.63, 3.8) is 0 Å². The molecule has 1 heterocycles. The second-order valence-electron chi connectivity index (χ2n) is 3.48. The number of hydrogen-bond donors (Lipinski definition) is 1. The lowest BCUT2D eigenvalue weighted by molar-refractivity contribution is 0.136. The van der Waals surface area contributed by atoms with Crippen molar-refractivity contribution in [2.75, 3.05) is 0 Å². The van der Waals surface area contributed by atoms with Crippen molar-refractivity contribution in [2.45, 2.75) is 45.6 Å². The van der Waals surface area contributed by atoms with Crippen molar-refractivity contribution >= 4 is 0 Å². The standard InChI is InChI=1S/C11H18O2/c1-3-4-5-6-10(12)11-9(2)7-8-13-11/h7-8,10,12H,3-6H2,1-2H3. The van der Waals surface area contributed by atoms with E-state index in [2.05, 4.69) is 6.92 Å². The smallest absolute Gasteiger partial charge is 0.135 e. The minimum absolute atomic E-state index is 0.415. The van der Waals surface area contributed by atoms with Gasteiger partial charge in [-0.25, -0.2) is 0 Å². The van der Waals surface area contributed by atoms with Gasteiger partial charge in [0.15, 0.2) is 0 Å². The zero-order valence-electron chi connectivity index (χ0n) is 8.42. The van der Waals surface area contributed by atoms with Gasteiger partial charge in [0.05, 0.1) is 6.26 Å². The Morgan fingerprint density at radius 3 is 2.77 bits per heavy atom. The number of hydrogen-bond acceptors (Lipinski definition) is 2. The molecule has 2 nitrogen and oxygen atoms in total. The largest absolute Gasteiger partial charge is 0.466 e. The molecule has 0 aliphatic carbocycles. The molecule has 1 N–H and O–H groups in total. The van der Waals surface area contributed by atoms with E-state index in [1.54, 1.807) is 6.26 Å². The van der Waals surface area contributed by atoms with Gasteiger partial charge in [-0.1, -0.05) is 26.2 Å². The van der Waals surface area contributed by atoms with Gasteiger partial charge in [-0.05, 0) is 25.0 Å². The van der Waals surface area contributed by atoms with Crippen LogP contribution < -0.4 is 0 Å². The summed E-state index contributed by atoms with van der Waals surface area (Å²) in [6, 6.07) is 1.89. The Hall–Kier alpha value is -0.760. The van der Waals surface area contributed by atoms with Gasteiger partial charge in [-0.15, -0.1) is 0 Å². The first-order valence-electron chi connectivity index (χ1n) is 4.97. The Morgan fingerprint density at radius 1 is 1.46 bits per heavy atom. The SMILES string of the molecule is CCCCCC(O)c1occc1C. The Kier molecular flexibility index (Phi) is 4.03. The maximum absolute atomic E-state index is 9.72. The Balaban J connectivity index is 2.39. The maximum Gasteiger partial charge on any atom is 0.135 e. The highest BCUT2D eigenvalue weighted by molar-refractivity contribution is 5.16. The number of unbranched alkanes of at least 4 members (excludes halogenated alkanes) is 2. The fourth-order valence-electron chi connectivity index (χ4n) is 1.44. The third kappa shape index (κ3) is 2.88. The quantitative estimate of drug-likeness (QED) is 0.709. The van der Waals surface area contributed by atoms with Crippen molar-refractivity contribution in [3.8, 4) is 0 Å². The first-order chi connectivity index (χ1) is 6.25. The van der Waals surface area contributed by atoms with Crippen LogP contribution in [0.4, 0.5) is 0 Å². The molecule has 0 saturated carbocycles. The summed E-state index contributed by atoms with van der Waals surface area (Å²) in [5, 5.41) is 9.72. The van der Waals surface area contributed by atoms with Gasteiger partial charge in [-0.2, -0.15) is 0 Å². The molecule has 1 aromatic heterocycles. The van der Waals surface area contributed by atoms with Gasteiger partial charge in [-0.3, -0.25) is 0 Å². The fraction of sp³-hybridized carbons (Fsp3) is 0.636. The average molecular weight is 182 g/mol. The van der Waals surface area contributed by atoms with Crippen LogP contribution in [0.3, 0.4) is 0 Å². The third-order valence-electron chi connectivity index (χ3n) is 2.29. The molecule has 0 aliphatic rings. The molecule has 1 atom stereocenters. The average Bonchev–Trinajstić information content (AvgIpc) is 2.52. The highest BCUT2D eigenvalue weighted by Crippen LogP contribution is 2.23. The lowest BCUT2D eigenvalue weighted by Gasteiger charge is -2.07. The Morgan fingerprint density at radius 2 is 2.23 bits per heavy atom. The summed E-state index contributed by atoms with van der Waals surface area (Å²) in [5.41, 5.74) is 1.05. The molecule has 2 heteroatoms. The summed E-state index contributed by atoms with van der Waals surface area (Å²) in [4.78, 5) is 0.